The predicted molar refractivity (Wildman–Crippen MR) is 103 cm³/mol. The molecule has 0 aromatic heterocycles. The van der Waals surface area contributed by atoms with E-state index in [1.54, 1.807) is 0 Å². The van der Waals surface area contributed by atoms with Crippen molar-refractivity contribution < 1.29 is 17.6 Å². The van der Waals surface area contributed by atoms with Gasteiger partial charge < -0.3 is 5.32 Å². The Kier molecular flexibility index (Phi) is 6.52. The number of carbonyl (C=O) groups excluding carboxylic acids is 1. The van der Waals surface area contributed by atoms with E-state index in [0.29, 0.717) is 19.0 Å². The molecule has 1 saturated carbocycles. The Morgan fingerprint density at radius 1 is 1.11 bits per heavy atom. The summed E-state index contributed by atoms with van der Waals surface area (Å²) in [7, 11) is -3.72. The molecule has 2 fully saturated rings. The lowest BCUT2D eigenvalue weighted by Crippen LogP contribution is -2.39. The second-order valence-corrected chi connectivity index (χ2v) is 9.85. The molecule has 1 atom stereocenters. The van der Waals surface area contributed by atoms with Gasteiger partial charge in [0, 0.05) is 19.1 Å². The lowest BCUT2D eigenvalue weighted by molar-refractivity contribution is 0.0929. The zero-order chi connectivity index (χ0) is 19.4. The highest BCUT2D eigenvalue weighted by molar-refractivity contribution is 7.89. The molecule has 0 unspecified atom stereocenters. The van der Waals surface area contributed by atoms with Crippen molar-refractivity contribution in [2.24, 2.45) is 5.92 Å². The third kappa shape index (κ3) is 4.88. The van der Waals surface area contributed by atoms with E-state index in [1.807, 2.05) is 6.92 Å². The van der Waals surface area contributed by atoms with Crippen LogP contribution in [0, 0.1) is 11.7 Å². The molecule has 2 aliphatic rings. The number of rotatable bonds is 4. The highest BCUT2D eigenvalue weighted by atomic mass is 32.2. The van der Waals surface area contributed by atoms with E-state index in [-0.39, 0.29) is 16.5 Å². The van der Waals surface area contributed by atoms with Crippen molar-refractivity contribution in [3.8, 4) is 0 Å². The topological polar surface area (TPSA) is 66.5 Å². The maximum absolute atomic E-state index is 14.3. The summed E-state index contributed by atoms with van der Waals surface area (Å²) >= 11 is 0. The predicted octanol–water partition coefficient (Wildman–Crippen LogP) is 3.70. The number of nitrogens with zero attached hydrogens (tertiary/aromatic N) is 1. The molecule has 1 aromatic carbocycles. The summed E-state index contributed by atoms with van der Waals surface area (Å²) in [4.78, 5) is 12.6. The molecule has 1 saturated heterocycles. The number of benzene rings is 1. The maximum atomic E-state index is 14.3. The molecule has 5 nitrogen and oxygen atoms in total. The Bertz CT molecular complexity index is 773. The van der Waals surface area contributed by atoms with Gasteiger partial charge >= 0.3 is 0 Å². The smallest absolute Gasteiger partial charge is 0.254 e. The van der Waals surface area contributed by atoms with Crippen LogP contribution in [0.5, 0.6) is 0 Å². The Hall–Kier alpha value is -1.47. The second kappa shape index (κ2) is 8.69. The van der Waals surface area contributed by atoms with Crippen molar-refractivity contribution in [2.45, 2.75) is 69.2 Å². The van der Waals surface area contributed by atoms with Crippen LogP contribution in [0.3, 0.4) is 0 Å². The fourth-order valence-electron chi connectivity index (χ4n) is 4.04. The summed E-state index contributed by atoms with van der Waals surface area (Å²) in [6, 6.07) is 3.56. The van der Waals surface area contributed by atoms with Gasteiger partial charge in [-0.1, -0.05) is 32.6 Å². The zero-order valence-electron chi connectivity index (χ0n) is 15.9. The van der Waals surface area contributed by atoms with E-state index in [0.717, 1.165) is 57.4 Å². The summed E-state index contributed by atoms with van der Waals surface area (Å²) in [6.07, 6.45) is 8.00. The summed E-state index contributed by atoms with van der Waals surface area (Å²) < 4.78 is 41.6. The summed E-state index contributed by atoms with van der Waals surface area (Å²) in [5, 5.41) is 2.89. The Balaban J connectivity index is 1.79. The minimum Gasteiger partial charge on any atom is -0.349 e. The number of piperidine rings is 1. The van der Waals surface area contributed by atoms with Crippen molar-refractivity contribution in [1.29, 1.82) is 0 Å². The molecular formula is C20H29FN2O3S. The molecule has 150 valence electrons. The van der Waals surface area contributed by atoms with Gasteiger partial charge in [0.05, 0.1) is 10.5 Å². The maximum Gasteiger partial charge on any atom is 0.254 e. The Morgan fingerprint density at radius 3 is 2.48 bits per heavy atom. The quantitative estimate of drug-likeness (QED) is 0.789. The molecule has 3 rings (SSSR count). The fraction of sp³-hybridized carbons (Fsp3) is 0.650. The Labute approximate surface area is 161 Å². The molecule has 1 heterocycles. The standard InChI is InChI=1S/C20H29FN2O3S/c1-15-7-6-12-23(14-15)27(25,26)17-10-11-19(21)18(13-17)20(24)22-16-8-4-2-3-5-9-16/h10-11,13,15-16H,2-9,12,14H2,1H3,(H,22,24)/t15-/m0/s1. The summed E-state index contributed by atoms with van der Waals surface area (Å²) in [6.45, 7) is 2.95. The molecule has 1 aliphatic carbocycles. The normalized spacial score (nSPS) is 23.0. The first-order valence-corrected chi connectivity index (χ1v) is 11.4. The third-order valence-electron chi connectivity index (χ3n) is 5.63. The van der Waals surface area contributed by atoms with Gasteiger partial charge in [-0.2, -0.15) is 4.31 Å². The lowest BCUT2D eigenvalue weighted by Gasteiger charge is -2.30. The number of hydrogen-bond acceptors (Lipinski definition) is 3. The first kappa shape index (κ1) is 20.3. The molecule has 0 radical (unpaired) electrons. The van der Waals surface area contributed by atoms with Gasteiger partial charge in [0.2, 0.25) is 10.0 Å². The van der Waals surface area contributed by atoms with Gasteiger partial charge in [-0.25, -0.2) is 12.8 Å². The van der Waals surface area contributed by atoms with Gasteiger partial charge in [0.1, 0.15) is 5.82 Å². The van der Waals surface area contributed by atoms with Crippen molar-refractivity contribution in [3.05, 3.63) is 29.6 Å². The van der Waals surface area contributed by atoms with Crippen LogP contribution in [0.25, 0.3) is 0 Å². The number of amides is 1. The monoisotopic (exact) mass is 396 g/mol. The van der Waals surface area contributed by atoms with Crippen LogP contribution in [0.1, 0.15) is 68.6 Å². The summed E-state index contributed by atoms with van der Waals surface area (Å²) in [5.74, 6) is -0.914. The van der Waals surface area contributed by atoms with Crippen LogP contribution >= 0.6 is 0 Å². The van der Waals surface area contributed by atoms with E-state index in [9.17, 15) is 17.6 Å². The number of hydrogen-bond donors (Lipinski definition) is 1. The molecule has 27 heavy (non-hydrogen) atoms. The minimum absolute atomic E-state index is 0.0102. The van der Waals surface area contributed by atoms with Gasteiger partial charge in [0.25, 0.3) is 5.91 Å². The number of halogens is 1. The van der Waals surface area contributed by atoms with Crippen molar-refractivity contribution in [3.63, 3.8) is 0 Å². The highest BCUT2D eigenvalue weighted by Gasteiger charge is 2.30. The van der Waals surface area contributed by atoms with E-state index in [4.69, 9.17) is 0 Å². The SMILES string of the molecule is C[C@H]1CCCN(S(=O)(=O)c2ccc(F)c(C(=O)NC3CCCCCC3)c2)C1. The number of nitrogens with one attached hydrogen (secondary N) is 1. The molecule has 1 N–H and O–H groups in total. The molecule has 0 spiro atoms. The summed E-state index contributed by atoms with van der Waals surface area (Å²) in [5.41, 5.74) is -0.189. The Morgan fingerprint density at radius 2 is 1.81 bits per heavy atom. The first-order valence-electron chi connectivity index (χ1n) is 9.98. The van der Waals surface area contributed by atoms with Gasteiger partial charge in [-0.3, -0.25) is 4.79 Å². The van der Waals surface area contributed by atoms with Crippen LogP contribution < -0.4 is 5.32 Å². The minimum atomic E-state index is -3.72. The van der Waals surface area contributed by atoms with Crippen molar-refractivity contribution >= 4 is 15.9 Å². The van der Waals surface area contributed by atoms with E-state index < -0.39 is 21.7 Å². The number of sulfonamides is 1. The fourth-order valence-corrected chi connectivity index (χ4v) is 5.66. The molecule has 1 amide bonds. The molecule has 0 bridgehead atoms. The van der Waals surface area contributed by atoms with E-state index in [1.165, 1.54) is 16.4 Å². The number of carbonyl (C=O) groups is 1. The second-order valence-electron chi connectivity index (χ2n) is 7.91. The average Bonchev–Trinajstić information content (AvgIpc) is 2.90. The molecule has 1 aliphatic heterocycles. The van der Waals surface area contributed by atoms with E-state index in [2.05, 4.69) is 5.32 Å². The van der Waals surface area contributed by atoms with E-state index >= 15 is 0 Å². The molecule has 7 heteroatoms. The van der Waals surface area contributed by atoms with Gasteiger partial charge in [-0.15, -0.1) is 0 Å². The van der Waals surface area contributed by atoms with Crippen LogP contribution in [-0.2, 0) is 10.0 Å². The lowest BCUT2D eigenvalue weighted by atomic mass is 10.0. The largest absolute Gasteiger partial charge is 0.349 e. The van der Waals surface area contributed by atoms with Crippen LogP contribution in [0.4, 0.5) is 4.39 Å². The van der Waals surface area contributed by atoms with Crippen molar-refractivity contribution in [2.75, 3.05) is 13.1 Å². The highest BCUT2D eigenvalue weighted by Crippen LogP contribution is 2.25. The van der Waals surface area contributed by atoms with Crippen LogP contribution in [0.2, 0.25) is 0 Å². The zero-order valence-corrected chi connectivity index (χ0v) is 16.7. The van der Waals surface area contributed by atoms with Crippen molar-refractivity contribution in [1.82, 2.24) is 9.62 Å². The first-order chi connectivity index (χ1) is 12.9. The van der Waals surface area contributed by atoms with Crippen LogP contribution in [0.15, 0.2) is 23.1 Å². The van der Waals surface area contributed by atoms with Crippen LogP contribution in [-0.4, -0.2) is 37.8 Å². The average molecular weight is 397 g/mol. The van der Waals surface area contributed by atoms with Gasteiger partial charge in [0.15, 0.2) is 0 Å². The van der Waals surface area contributed by atoms with Gasteiger partial charge in [-0.05, 0) is 49.8 Å². The molecule has 1 aromatic rings. The third-order valence-corrected chi connectivity index (χ3v) is 7.49. The molecular weight excluding hydrogens is 367 g/mol.